The van der Waals surface area contributed by atoms with Gasteiger partial charge in [0.05, 0.1) is 5.69 Å². The minimum absolute atomic E-state index is 0.0195. The Morgan fingerprint density at radius 1 is 1.36 bits per heavy atom. The van der Waals surface area contributed by atoms with Crippen LogP contribution in [0.4, 0.5) is 5.69 Å². The second-order valence-corrected chi connectivity index (χ2v) is 5.86. The largest absolute Gasteiger partial charge is 0.487 e. The third kappa shape index (κ3) is 5.15. The number of para-hydroxylation sites is 2. The van der Waals surface area contributed by atoms with Gasteiger partial charge in [-0.15, -0.1) is 0 Å². The molecule has 0 saturated heterocycles. The highest BCUT2D eigenvalue weighted by atomic mass is 32.1. The Balaban J connectivity index is 1.85. The quantitative estimate of drug-likeness (QED) is 0.621. The fraction of sp³-hybridized carbons (Fsp3) is 0.412. The van der Waals surface area contributed by atoms with E-state index < -0.39 is 0 Å². The Bertz CT molecular complexity index is 539. The maximum absolute atomic E-state index is 12.0. The van der Waals surface area contributed by atoms with Gasteiger partial charge in [0.25, 0.3) is 0 Å². The van der Waals surface area contributed by atoms with E-state index in [1.54, 1.807) is 6.08 Å². The Kier molecular flexibility index (Phi) is 6.40. The van der Waals surface area contributed by atoms with E-state index in [1.165, 1.54) is 12.8 Å². The molecule has 0 heterocycles. The van der Waals surface area contributed by atoms with Crippen molar-refractivity contribution < 1.29 is 9.53 Å². The number of hydrogen-bond acceptors (Lipinski definition) is 3. The van der Waals surface area contributed by atoms with Crippen LogP contribution in [0.3, 0.4) is 0 Å². The summed E-state index contributed by atoms with van der Waals surface area (Å²) >= 11 is 5.21. The summed E-state index contributed by atoms with van der Waals surface area (Å²) in [5.41, 5.74) is 0.732. The molecule has 2 rings (SSSR count). The van der Waals surface area contributed by atoms with Gasteiger partial charge in [-0.1, -0.05) is 37.6 Å². The van der Waals surface area contributed by atoms with Gasteiger partial charge < -0.3 is 15.4 Å². The number of rotatable bonds is 6. The Morgan fingerprint density at radius 3 is 2.82 bits per heavy atom. The van der Waals surface area contributed by atoms with Crippen LogP contribution >= 0.6 is 12.2 Å². The summed E-state index contributed by atoms with van der Waals surface area (Å²) in [7, 11) is 0. The Hall–Kier alpha value is -1.88. The van der Waals surface area contributed by atoms with Crippen molar-refractivity contribution in [2.75, 3.05) is 11.9 Å². The SMILES string of the molecule is C=CCOc1ccccc1NC(=S)NC(=O)CC1CCCC1. The minimum atomic E-state index is -0.0195. The average Bonchev–Trinajstić information content (AvgIpc) is 2.99. The predicted octanol–water partition coefficient (Wildman–Crippen LogP) is 3.64. The first-order valence-electron chi connectivity index (χ1n) is 7.62. The van der Waals surface area contributed by atoms with E-state index in [1.807, 2.05) is 24.3 Å². The zero-order chi connectivity index (χ0) is 15.8. The first kappa shape index (κ1) is 16.5. The number of carbonyl (C=O) groups excluding carboxylic acids is 1. The summed E-state index contributed by atoms with van der Waals surface area (Å²) in [5.74, 6) is 1.16. The van der Waals surface area contributed by atoms with E-state index in [0.717, 1.165) is 18.5 Å². The van der Waals surface area contributed by atoms with Crippen LogP contribution in [0.1, 0.15) is 32.1 Å². The summed E-state index contributed by atoms with van der Waals surface area (Å²) < 4.78 is 5.55. The summed E-state index contributed by atoms with van der Waals surface area (Å²) in [6.45, 7) is 4.04. The number of anilines is 1. The van der Waals surface area contributed by atoms with Gasteiger partial charge in [-0.2, -0.15) is 0 Å². The minimum Gasteiger partial charge on any atom is -0.487 e. The highest BCUT2D eigenvalue weighted by molar-refractivity contribution is 7.80. The zero-order valence-electron chi connectivity index (χ0n) is 12.6. The van der Waals surface area contributed by atoms with Crippen molar-refractivity contribution in [1.29, 1.82) is 0 Å². The first-order chi connectivity index (χ1) is 10.7. The topological polar surface area (TPSA) is 50.4 Å². The van der Waals surface area contributed by atoms with E-state index >= 15 is 0 Å². The van der Waals surface area contributed by atoms with Crippen LogP contribution in [-0.2, 0) is 4.79 Å². The molecule has 0 atom stereocenters. The molecule has 2 N–H and O–H groups in total. The number of hydrogen-bond donors (Lipinski definition) is 2. The second-order valence-electron chi connectivity index (χ2n) is 5.45. The van der Waals surface area contributed by atoms with Crippen LogP contribution in [0.15, 0.2) is 36.9 Å². The molecule has 1 saturated carbocycles. The number of ether oxygens (including phenoxy) is 1. The average molecular weight is 318 g/mol. The van der Waals surface area contributed by atoms with Crippen molar-refractivity contribution in [3.63, 3.8) is 0 Å². The highest BCUT2D eigenvalue weighted by Gasteiger charge is 2.19. The van der Waals surface area contributed by atoms with Gasteiger partial charge in [-0.05, 0) is 43.1 Å². The lowest BCUT2D eigenvalue weighted by molar-refractivity contribution is -0.120. The van der Waals surface area contributed by atoms with E-state index in [0.29, 0.717) is 29.8 Å². The summed E-state index contributed by atoms with van der Waals surface area (Å²) in [6.07, 6.45) is 6.98. The van der Waals surface area contributed by atoms with Gasteiger partial charge in [-0.25, -0.2) is 0 Å². The van der Waals surface area contributed by atoms with Crippen molar-refractivity contribution in [2.24, 2.45) is 5.92 Å². The van der Waals surface area contributed by atoms with Crippen LogP contribution in [0.2, 0.25) is 0 Å². The maximum atomic E-state index is 12.0. The van der Waals surface area contributed by atoms with Crippen molar-refractivity contribution in [1.82, 2.24) is 5.32 Å². The number of nitrogens with one attached hydrogen (secondary N) is 2. The molecule has 1 aliphatic rings. The van der Waals surface area contributed by atoms with E-state index in [-0.39, 0.29) is 5.91 Å². The normalized spacial score (nSPS) is 14.4. The molecule has 1 amide bonds. The molecule has 5 heteroatoms. The van der Waals surface area contributed by atoms with E-state index in [9.17, 15) is 4.79 Å². The van der Waals surface area contributed by atoms with E-state index in [4.69, 9.17) is 17.0 Å². The Morgan fingerprint density at radius 2 is 2.09 bits per heavy atom. The standard InChI is InChI=1S/C17H22N2O2S/c1-2-11-21-15-10-6-5-9-14(15)18-17(22)19-16(20)12-13-7-3-4-8-13/h2,5-6,9-10,13H,1,3-4,7-8,11-12H2,(H2,18,19,20,22). The lowest BCUT2D eigenvalue weighted by Crippen LogP contribution is -2.35. The van der Waals surface area contributed by atoms with Crippen LogP contribution in [-0.4, -0.2) is 17.6 Å². The third-order valence-electron chi connectivity index (χ3n) is 3.69. The van der Waals surface area contributed by atoms with Crippen molar-refractivity contribution in [2.45, 2.75) is 32.1 Å². The van der Waals surface area contributed by atoms with Gasteiger partial charge in [0, 0.05) is 6.42 Å². The van der Waals surface area contributed by atoms with Crippen molar-refractivity contribution in [3.8, 4) is 5.75 Å². The fourth-order valence-electron chi connectivity index (χ4n) is 2.65. The summed E-state index contributed by atoms with van der Waals surface area (Å²) in [4.78, 5) is 12.0. The van der Waals surface area contributed by atoms with Crippen LogP contribution in [0, 0.1) is 5.92 Å². The molecule has 0 spiro atoms. The number of thiocarbonyl (C=S) groups is 1. The molecule has 118 valence electrons. The number of benzene rings is 1. The van der Waals surface area contributed by atoms with Crippen LogP contribution < -0.4 is 15.4 Å². The Labute approximate surface area is 136 Å². The number of amides is 1. The maximum Gasteiger partial charge on any atom is 0.226 e. The van der Waals surface area contributed by atoms with Crippen LogP contribution in [0.25, 0.3) is 0 Å². The van der Waals surface area contributed by atoms with Gasteiger partial charge >= 0.3 is 0 Å². The monoisotopic (exact) mass is 318 g/mol. The first-order valence-corrected chi connectivity index (χ1v) is 8.03. The molecule has 1 aliphatic carbocycles. The van der Waals surface area contributed by atoms with Gasteiger partial charge in [-0.3, -0.25) is 4.79 Å². The van der Waals surface area contributed by atoms with Gasteiger partial charge in [0.2, 0.25) is 5.91 Å². The second kappa shape index (κ2) is 8.54. The molecule has 4 nitrogen and oxygen atoms in total. The molecule has 1 aromatic carbocycles. The molecule has 0 aromatic heterocycles. The van der Waals surface area contributed by atoms with Gasteiger partial charge in [0.1, 0.15) is 12.4 Å². The molecule has 22 heavy (non-hydrogen) atoms. The highest BCUT2D eigenvalue weighted by Crippen LogP contribution is 2.27. The van der Waals surface area contributed by atoms with Crippen molar-refractivity contribution >= 4 is 28.9 Å². The number of carbonyl (C=O) groups is 1. The molecule has 0 bridgehead atoms. The van der Waals surface area contributed by atoms with Crippen molar-refractivity contribution in [3.05, 3.63) is 36.9 Å². The lowest BCUT2D eigenvalue weighted by Gasteiger charge is -2.14. The molecule has 0 aliphatic heterocycles. The smallest absolute Gasteiger partial charge is 0.226 e. The van der Waals surface area contributed by atoms with Gasteiger partial charge in [0.15, 0.2) is 5.11 Å². The molecule has 1 fully saturated rings. The third-order valence-corrected chi connectivity index (χ3v) is 3.90. The lowest BCUT2D eigenvalue weighted by atomic mass is 10.0. The predicted molar refractivity (Wildman–Crippen MR) is 93.1 cm³/mol. The molecule has 0 radical (unpaired) electrons. The molecule has 0 unspecified atom stereocenters. The van der Waals surface area contributed by atoms with Crippen LogP contribution in [0.5, 0.6) is 5.75 Å². The zero-order valence-corrected chi connectivity index (χ0v) is 13.5. The van der Waals surface area contributed by atoms with E-state index in [2.05, 4.69) is 17.2 Å². The fourth-order valence-corrected chi connectivity index (χ4v) is 2.88. The summed E-state index contributed by atoms with van der Waals surface area (Å²) in [5, 5.41) is 6.06. The summed E-state index contributed by atoms with van der Waals surface area (Å²) in [6, 6.07) is 7.46. The molecule has 1 aromatic rings. The molecular weight excluding hydrogens is 296 g/mol. The molecular formula is C17H22N2O2S.